The quantitative estimate of drug-likeness (QED) is 0.795. The molecule has 0 amide bonds. The predicted molar refractivity (Wildman–Crippen MR) is 65.2 cm³/mol. The van der Waals surface area contributed by atoms with Gasteiger partial charge in [0, 0.05) is 7.05 Å². The molecule has 1 aromatic carbocycles. The van der Waals surface area contributed by atoms with Gasteiger partial charge in [-0.1, -0.05) is 11.6 Å². The van der Waals surface area contributed by atoms with Crippen molar-refractivity contribution in [3.63, 3.8) is 0 Å². The first-order valence-electron chi connectivity index (χ1n) is 5.64. The van der Waals surface area contributed by atoms with Crippen LogP contribution in [0.3, 0.4) is 0 Å². The van der Waals surface area contributed by atoms with E-state index in [1.807, 2.05) is 0 Å². The molecule has 0 radical (unpaired) electrons. The maximum atomic E-state index is 12.6. The Kier molecular flexibility index (Phi) is 3.50. The second-order valence-electron chi connectivity index (χ2n) is 4.18. The van der Waals surface area contributed by atoms with Crippen LogP contribution < -0.4 is 10.2 Å². The first-order chi connectivity index (χ1) is 8.88. The standard InChI is InChI=1S/C11H12BF3N3O/c1-8-5-9(3-4-10(8)12(13,14)15)19-6-11-16-7-17-18(11)2/h3-5,7H,6H2,1-2H3/q-1. The van der Waals surface area contributed by atoms with Gasteiger partial charge in [0.2, 0.25) is 0 Å². The van der Waals surface area contributed by atoms with Crippen molar-refractivity contribution in [3.8, 4) is 5.75 Å². The molecule has 2 rings (SSSR count). The molecule has 102 valence electrons. The summed E-state index contributed by atoms with van der Waals surface area (Å²) in [6, 6.07) is 3.73. The summed E-state index contributed by atoms with van der Waals surface area (Å²) >= 11 is 0. The molecule has 0 saturated carbocycles. The van der Waals surface area contributed by atoms with Gasteiger partial charge in [-0.05, 0) is 19.1 Å². The van der Waals surface area contributed by atoms with Crippen molar-refractivity contribution in [2.45, 2.75) is 13.5 Å². The summed E-state index contributed by atoms with van der Waals surface area (Å²) in [5.41, 5.74) is -0.436. The Balaban J connectivity index is 2.11. The van der Waals surface area contributed by atoms with Gasteiger partial charge in [-0.25, -0.2) is 4.98 Å². The Morgan fingerprint density at radius 1 is 1.32 bits per heavy atom. The van der Waals surface area contributed by atoms with Crippen molar-refractivity contribution in [2.24, 2.45) is 7.05 Å². The average Bonchev–Trinajstić information content (AvgIpc) is 2.70. The molecule has 0 fully saturated rings. The van der Waals surface area contributed by atoms with E-state index in [1.54, 1.807) is 11.7 Å². The predicted octanol–water partition coefficient (Wildman–Crippen LogP) is 1.76. The zero-order valence-electron chi connectivity index (χ0n) is 10.5. The van der Waals surface area contributed by atoms with Crippen molar-refractivity contribution in [3.05, 3.63) is 35.9 Å². The molecule has 0 bridgehead atoms. The highest BCUT2D eigenvalue weighted by atomic mass is 19.4. The molecule has 0 aliphatic carbocycles. The number of benzene rings is 1. The molecule has 0 N–H and O–H groups in total. The number of ether oxygens (including phenoxy) is 1. The molecular formula is C11H12BF3N3O-. The van der Waals surface area contributed by atoms with E-state index >= 15 is 0 Å². The van der Waals surface area contributed by atoms with Crippen LogP contribution in [0.15, 0.2) is 24.5 Å². The number of halogens is 3. The van der Waals surface area contributed by atoms with Crippen LogP contribution in [0.25, 0.3) is 0 Å². The van der Waals surface area contributed by atoms with Crippen LogP contribution in [0.5, 0.6) is 5.75 Å². The van der Waals surface area contributed by atoms with Crippen LogP contribution in [0, 0.1) is 6.92 Å². The van der Waals surface area contributed by atoms with E-state index in [4.69, 9.17) is 4.74 Å². The molecule has 8 heteroatoms. The molecule has 0 atom stereocenters. The van der Waals surface area contributed by atoms with E-state index in [0.717, 1.165) is 6.07 Å². The van der Waals surface area contributed by atoms with Crippen LogP contribution in [0.1, 0.15) is 11.4 Å². The van der Waals surface area contributed by atoms with Crippen LogP contribution in [0.4, 0.5) is 12.9 Å². The van der Waals surface area contributed by atoms with Gasteiger partial charge in [-0.2, -0.15) is 5.10 Å². The van der Waals surface area contributed by atoms with E-state index in [0.29, 0.717) is 11.6 Å². The fourth-order valence-corrected chi connectivity index (χ4v) is 1.70. The number of nitrogens with zero attached hydrogens (tertiary/aromatic N) is 3. The molecule has 0 unspecified atom stereocenters. The molecular weight excluding hydrogens is 258 g/mol. The number of hydrogen-bond acceptors (Lipinski definition) is 3. The topological polar surface area (TPSA) is 39.9 Å². The highest BCUT2D eigenvalue weighted by Gasteiger charge is 2.27. The molecule has 0 aliphatic rings. The van der Waals surface area contributed by atoms with Gasteiger partial charge in [-0.3, -0.25) is 4.68 Å². The fourth-order valence-electron chi connectivity index (χ4n) is 1.70. The summed E-state index contributed by atoms with van der Waals surface area (Å²) in [5.74, 6) is 0.978. The number of aryl methyl sites for hydroxylation is 2. The summed E-state index contributed by atoms with van der Waals surface area (Å²) in [6.07, 6.45) is 1.39. The first kappa shape index (κ1) is 13.4. The lowest BCUT2D eigenvalue weighted by molar-refractivity contribution is 0.289. The zero-order valence-corrected chi connectivity index (χ0v) is 10.5. The summed E-state index contributed by atoms with van der Waals surface area (Å²) in [6.45, 7) is -3.41. The van der Waals surface area contributed by atoms with E-state index in [9.17, 15) is 12.9 Å². The minimum absolute atomic E-state index is 0.156. The Morgan fingerprint density at radius 3 is 2.58 bits per heavy atom. The monoisotopic (exact) mass is 270 g/mol. The lowest BCUT2D eigenvalue weighted by atomic mass is 9.77. The molecule has 1 aromatic heterocycles. The van der Waals surface area contributed by atoms with Crippen molar-refractivity contribution in [1.82, 2.24) is 14.8 Å². The molecule has 4 nitrogen and oxygen atoms in total. The molecule has 0 saturated heterocycles. The van der Waals surface area contributed by atoms with Gasteiger partial charge in [0.25, 0.3) is 0 Å². The van der Waals surface area contributed by atoms with E-state index < -0.39 is 12.4 Å². The maximum absolute atomic E-state index is 12.6. The molecule has 0 aliphatic heterocycles. The zero-order chi connectivity index (χ0) is 14.0. The van der Waals surface area contributed by atoms with Crippen molar-refractivity contribution in [2.75, 3.05) is 0 Å². The smallest absolute Gasteiger partial charge is 0.486 e. The first-order valence-corrected chi connectivity index (χ1v) is 5.64. The van der Waals surface area contributed by atoms with Gasteiger partial charge in [0.05, 0.1) is 0 Å². The number of rotatable bonds is 4. The second kappa shape index (κ2) is 4.95. The Hall–Kier alpha value is -1.99. The largest absolute Gasteiger partial charge is 0.509 e. The van der Waals surface area contributed by atoms with Crippen LogP contribution in [-0.2, 0) is 13.7 Å². The summed E-state index contributed by atoms with van der Waals surface area (Å²) in [5, 5.41) is 3.87. The number of hydrogen-bond donors (Lipinski definition) is 0. The van der Waals surface area contributed by atoms with Gasteiger partial charge in [0.1, 0.15) is 18.7 Å². The summed E-state index contributed by atoms with van der Waals surface area (Å²) in [4.78, 5) is 3.96. The Morgan fingerprint density at radius 2 is 2.05 bits per heavy atom. The van der Waals surface area contributed by atoms with Crippen LogP contribution in [-0.4, -0.2) is 21.7 Å². The Labute approximate surface area is 108 Å². The van der Waals surface area contributed by atoms with Gasteiger partial charge < -0.3 is 17.7 Å². The summed E-state index contributed by atoms with van der Waals surface area (Å²) < 4.78 is 44.9. The minimum Gasteiger partial charge on any atom is -0.486 e. The van der Waals surface area contributed by atoms with E-state index in [-0.39, 0.29) is 12.2 Å². The van der Waals surface area contributed by atoms with Crippen molar-refractivity contribution < 1.29 is 17.7 Å². The highest BCUT2D eigenvalue weighted by molar-refractivity contribution is 6.74. The van der Waals surface area contributed by atoms with Crippen molar-refractivity contribution in [1.29, 1.82) is 0 Å². The fraction of sp³-hybridized carbons (Fsp3) is 0.273. The van der Waals surface area contributed by atoms with E-state index in [1.165, 1.54) is 25.4 Å². The maximum Gasteiger partial charge on any atom is 0.509 e. The van der Waals surface area contributed by atoms with Crippen molar-refractivity contribution >= 4 is 12.4 Å². The van der Waals surface area contributed by atoms with Gasteiger partial charge >= 0.3 is 6.98 Å². The van der Waals surface area contributed by atoms with Gasteiger partial charge in [0.15, 0.2) is 5.82 Å². The molecule has 0 spiro atoms. The lowest BCUT2D eigenvalue weighted by Crippen LogP contribution is -2.35. The van der Waals surface area contributed by atoms with Gasteiger partial charge in [-0.15, -0.1) is 5.46 Å². The lowest BCUT2D eigenvalue weighted by Gasteiger charge is -2.18. The van der Waals surface area contributed by atoms with Crippen LogP contribution >= 0.6 is 0 Å². The SMILES string of the molecule is Cc1cc(OCc2ncnn2C)ccc1[B-](F)(F)F. The third kappa shape index (κ3) is 3.07. The molecule has 2 aromatic rings. The highest BCUT2D eigenvalue weighted by Crippen LogP contribution is 2.18. The third-order valence-corrected chi connectivity index (χ3v) is 2.77. The third-order valence-electron chi connectivity index (χ3n) is 2.77. The summed E-state index contributed by atoms with van der Waals surface area (Å²) in [7, 11) is 1.71. The average molecular weight is 270 g/mol. The minimum atomic E-state index is -4.98. The molecule has 1 heterocycles. The number of aromatic nitrogens is 3. The van der Waals surface area contributed by atoms with Crippen LogP contribution in [0.2, 0.25) is 0 Å². The Bertz CT molecular complexity index is 583. The normalized spacial score (nSPS) is 11.6. The molecule has 19 heavy (non-hydrogen) atoms. The second-order valence-corrected chi connectivity index (χ2v) is 4.18. The van der Waals surface area contributed by atoms with E-state index in [2.05, 4.69) is 10.1 Å².